The van der Waals surface area contributed by atoms with Crippen LogP contribution in [-0.2, 0) is 11.0 Å². The maximum atomic E-state index is 12.8. The summed E-state index contributed by atoms with van der Waals surface area (Å²) in [5, 5.41) is 20.2. The Balaban J connectivity index is 0.000000415. The number of benzene rings is 1. The van der Waals surface area contributed by atoms with E-state index in [1.54, 1.807) is 11.0 Å². The van der Waals surface area contributed by atoms with Crippen LogP contribution in [0.25, 0.3) is 0 Å². The van der Waals surface area contributed by atoms with E-state index in [9.17, 15) is 32.7 Å². The van der Waals surface area contributed by atoms with Crippen LogP contribution in [0.2, 0.25) is 0 Å². The van der Waals surface area contributed by atoms with E-state index in [2.05, 4.69) is 22.1 Å². The van der Waals surface area contributed by atoms with Crippen molar-refractivity contribution < 1.29 is 37.8 Å². The van der Waals surface area contributed by atoms with E-state index in [1.165, 1.54) is 30.6 Å². The number of carbonyl (C=O) groups is 3. The lowest BCUT2D eigenvalue weighted by molar-refractivity contribution is -0.137. The molecule has 0 spiro atoms. The number of nitrogens with zero attached hydrogens (tertiary/aromatic N) is 3. The topological polar surface area (TPSA) is 123 Å². The Hall–Kier alpha value is -3.51. The molecular formula is C28H35F3N4O5. The average molecular weight is 565 g/mol. The van der Waals surface area contributed by atoms with Crippen LogP contribution >= 0.6 is 0 Å². The van der Waals surface area contributed by atoms with Gasteiger partial charge >= 0.3 is 12.1 Å². The highest BCUT2D eigenvalue weighted by Crippen LogP contribution is 2.34. The molecule has 3 N–H and O–H groups in total. The summed E-state index contributed by atoms with van der Waals surface area (Å²) >= 11 is 0. The van der Waals surface area contributed by atoms with Crippen LogP contribution < -0.4 is 5.32 Å². The minimum Gasteiger partial charge on any atom is -0.478 e. The van der Waals surface area contributed by atoms with Crippen LogP contribution in [0, 0.1) is 0 Å². The largest absolute Gasteiger partial charge is 0.478 e. The summed E-state index contributed by atoms with van der Waals surface area (Å²) < 4.78 is 38.5. The standard InChI is InChI=1S/C22H30F3N3O3.C6H5NO2/c1-2-4-17(9-12-29)27-10-7-19-18(27)8-11-28(19)20(30)14-26-21(31)15-5-3-6-16(13-15)22(23,24)25;8-6(9)5-2-1-3-7-4-5/h3,5-6,13,17-19,29H,2,4,7-12,14H2,1H3,(H,26,31);1-4H,(H,8,9)/t17-,18?,19?;/m0./s1. The first-order valence-corrected chi connectivity index (χ1v) is 13.3. The van der Waals surface area contributed by atoms with E-state index in [1.807, 2.05) is 0 Å². The Bertz CT molecular complexity index is 1140. The summed E-state index contributed by atoms with van der Waals surface area (Å²) in [7, 11) is 0. The number of fused-ring (bicyclic) bond motifs is 1. The molecule has 0 aliphatic carbocycles. The van der Waals surface area contributed by atoms with E-state index in [-0.39, 0.29) is 42.3 Å². The number of halogens is 3. The molecule has 1 aromatic heterocycles. The molecule has 2 aliphatic heterocycles. The fraction of sp³-hybridized carbons (Fsp3) is 0.500. The zero-order valence-corrected chi connectivity index (χ0v) is 22.3. The molecule has 2 aliphatic rings. The third kappa shape index (κ3) is 8.01. The zero-order chi connectivity index (χ0) is 29.3. The van der Waals surface area contributed by atoms with Gasteiger partial charge in [0.15, 0.2) is 0 Å². The zero-order valence-electron chi connectivity index (χ0n) is 22.3. The van der Waals surface area contributed by atoms with Crippen molar-refractivity contribution in [1.29, 1.82) is 0 Å². The molecule has 1 aromatic carbocycles. The summed E-state index contributed by atoms with van der Waals surface area (Å²) in [6.07, 6.45) is 2.77. The van der Waals surface area contributed by atoms with Gasteiger partial charge in [0.2, 0.25) is 5.91 Å². The van der Waals surface area contributed by atoms with Crippen molar-refractivity contribution in [2.75, 3.05) is 26.2 Å². The highest BCUT2D eigenvalue weighted by Gasteiger charge is 2.45. The maximum absolute atomic E-state index is 12.8. The molecule has 9 nitrogen and oxygen atoms in total. The number of aromatic nitrogens is 1. The van der Waals surface area contributed by atoms with Gasteiger partial charge in [-0.2, -0.15) is 13.2 Å². The summed E-state index contributed by atoms with van der Waals surface area (Å²) in [6, 6.07) is 7.89. The Morgan fingerprint density at radius 1 is 1.07 bits per heavy atom. The number of likely N-dealkylation sites (tertiary alicyclic amines) is 2. The molecule has 0 radical (unpaired) electrons. The first kappa shape index (κ1) is 31.0. The van der Waals surface area contributed by atoms with E-state index in [0.717, 1.165) is 50.8 Å². The molecule has 2 saturated heterocycles. The highest BCUT2D eigenvalue weighted by atomic mass is 19.4. The SMILES string of the molecule is CCC[C@@H](CCO)N1CCC2C1CCN2C(=O)CNC(=O)c1cccc(C(F)(F)F)c1.O=C(O)c1cccnc1. The van der Waals surface area contributed by atoms with E-state index in [0.29, 0.717) is 12.6 Å². The van der Waals surface area contributed by atoms with Crippen LogP contribution in [0.3, 0.4) is 0 Å². The van der Waals surface area contributed by atoms with Gasteiger partial charge in [-0.25, -0.2) is 4.79 Å². The van der Waals surface area contributed by atoms with E-state index in [4.69, 9.17) is 5.11 Å². The van der Waals surface area contributed by atoms with E-state index < -0.39 is 23.6 Å². The average Bonchev–Trinajstić information content (AvgIpc) is 3.54. The van der Waals surface area contributed by atoms with Crippen LogP contribution in [0.4, 0.5) is 13.2 Å². The first-order valence-electron chi connectivity index (χ1n) is 13.3. The van der Waals surface area contributed by atoms with Gasteiger partial charge in [0.1, 0.15) is 0 Å². The monoisotopic (exact) mass is 564 g/mol. The Morgan fingerprint density at radius 2 is 1.80 bits per heavy atom. The van der Waals surface area contributed by atoms with E-state index >= 15 is 0 Å². The first-order chi connectivity index (χ1) is 19.1. The summed E-state index contributed by atoms with van der Waals surface area (Å²) in [5.41, 5.74) is -0.803. The van der Waals surface area contributed by atoms with Gasteiger partial charge < -0.3 is 20.4 Å². The van der Waals surface area contributed by atoms with Gasteiger partial charge in [-0.3, -0.25) is 19.5 Å². The molecule has 218 valence electrons. The van der Waals surface area contributed by atoms with Crippen LogP contribution in [0.5, 0.6) is 0 Å². The molecule has 40 heavy (non-hydrogen) atoms. The number of aliphatic hydroxyl groups is 1. The molecule has 2 aromatic rings. The van der Waals surface area contributed by atoms with Gasteiger partial charge in [0, 0.05) is 55.8 Å². The lowest BCUT2D eigenvalue weighted by Crippen LogP contribution is -2.46. The molecule has 2 fully saturated rings. The Labute approximate surface area is 231 Å². The number of carboxylic acid groups (broad SMARTS) is 1. The van der Waals surface area contributed by atoms with Crippen molar-refractivity contribution in [3.63, 3.8) is 0 Å². The fourth-order valence-electron chi connectivity index (χ4n) is 5.43. The third-order valence-electron chi connectivity index (χ3n) is 7.25. The van der Waals surface area contributed by atoms with Crippen molar-refractivity contribution in [1.82, 2.24) is 20.1 Å². The predicted molar refractivity (Wildman–Crippen MR) is 141 cm³/mol. The number of alkyl halides is 3. The fourth-order valence-corrected chi connectivity index (χ4v) is 5.43. The van der Waals surface area contributed by atoms with Crippen molar-refractivity contribution in [2.24, 2.45) is 0 Å². The minimum atomic E-state index is -4.53. The second-order valence-electron chi connectivity index (χ2n) is 9.80. The second kappa shape index (κ2) is 14.2. The van der Waals surface area contributed by atoms with Gasteiger partial charge in [-0.05, 0) is 56.0 Å². The minimum absolute atomic E-state index is 0.0796. The number of pyridine rings is 1. The van der Waals surface area contributed by atoms with Crippen molar-refractivity contribution in [2.45, 2.75) is 63.3 Å². The summed E-state index contributed by atoms with van der Waals surface area (Å²) in [4.78, 5) is 43.0. The number of aliphatic hydroxyl groups excluding tert-OH is 1. The number of nitrogens with one attached hydrogen (secondary N) is 1. The highest BCUT2D eigenvalue weighted by molar-refractivity contribution is 5.96. The lowest BCUT2D eigenvalue weighted by atomic mass is 10.0. The molecule has 2 amide bonds. The quantitative estimate of drug-likeness (QED) is 0.427. The van der Waals surface area contributed by atoms with Gasteiger partial charge in [0.05, 0.1) is 17.7 Å². The molecule has 12 heteroatoms. The molecule has 2 unspecified atom stereocenters. The number of aromatic carboxylic acids is 1. The number of rotatable bonds is 9. The Kier molecular flexibility index (Phi) is 11.0. The molecule has 3 atom stereocenters. The molecular weight excluding hydrogens is 529 g/mol. The van der Waals surface area contributed by atoms with Crippen molar-refractivity contribution >= 4 is 17.8 Å². The summed E-state index contributed by atoms with van der Waals surface area (Å²) in [5.74, 6) is -1.86. The Morgan fingerprint density at radius 3 is 2.40 bits per heavy atom. The number of hydrogen-bond acceptors (Lipinski definition) is 6. The van der Waals surface area contributed by atoms with Gasteiger partial charge in [-0.15, -0.1) is 0 Å². The molecule has 0 saturated carbocycles. The lowest BCUT2D eigenvalue weighted by Gasteiger charge is -2.32. The number of amides is 2. The maximum Gasteiger partial charge on any atom is 0.416 e. The van der Waals surface area contributed by atoms with Crippen LogP contribution in [0.15, 0.2) is 48.8 Å². The molecule has 4 rings (SSSR count). The van der Waals surface area contributed by atoms with Crippen LogP contribution in [-0.4, -0.2) is 87.1 Å². The number of carboxylic acids is 1. The predicted octanol–water partition coefficient (Wildman–Crippen LogP) is 3.44. The number of hydrogen-bond donors (Lipinski definition) is 3. The van der Waals surface area contributed by atoms with Crippen molar-refractivity contribution in [3.05, 3.63) is 65.5 Å². The third-order valence-corrected chi connectivity index (χ3v) is 7.25. The van der Waals surface area contributed by atoms with Crippen LogP contribution in [0.1, 0.15) is 65.3 Å². The second-order valence-corrected chi connectivity index (χ2v) is 9.80. The molecule has 3 heterocycles. The number of carbonyl (C=O) groups excluding carboxylic acids is 2. The van der Waals surface area contributed by atoms with Gasteiger partial charge in [-0.1, -0.05) is 19.4 Å². The summed E-state index contributed by atoms with van der Waals surface area (Å²) in [6.45, 7) is 3.49. The van der Waals surface area contributed by atoms with Gasteiger partial charge in [0.25, 0.3) is 5.91 Å². The molecule has 0 bridgehead atoms. The normalized spacial score (nSPS) is 19.4. The van der Waals surface area contributed by atoms with Crippen molar-refractivity contribution in [3.8, 4) is 0 Å². The smallest absolute Gasteiger partial charge is 0.416 e.